The van der Waals surface area contributed by atoms with Gasteiger partial charge in [0.1, 0.15) is 0 Å². The molecule has 3 atom stereocenters. The fraction of sp³-hybridized carbons (Fsp3) is 0.667. The van der Waals surface area contributed by atoms with Crippen molar-refractivity contribution >= 4 is 11.4 Å². The molecule has 1 heterocycles. The van der Waals surface area contributed by atoms with E-state index in [2.05, 4.69) is 34.5 Å². The van der Waals surface area contributed by atoms with E-state index in [0.717, 1.165) is 17.9 Å². The Morgan fingerprint density at radius 2 is 1.80 bits per heavy atom. The summed E-state index contributed by atoms with van der Waals surface area (Å²) in [6.07, 6.45) is 9.91. The molecular formula is C18H26N2. The SMILES string of the molecule is c1ccc(N2CCCCC2)c(NC2CC3CCC2C3)c1. The van der Waals surface area contributed by atoms with Crippen LogP contribution in [0.4, 0.5) is 11.4 Å². The fourth-order valence-electron chi connectivity index (χ4n) is 4.63. The van der Waals surface area contributed by atoms with Crippen molar-refractivity contribution < 1.29 is 0 Å². The third-order valence-corrected chi connectivity index (χ3v) is 5.68. The summed E-state index contributed by atoms with van der Waals surface area (Å²) in [7, 11) is 0. The molecule has 2 aliphatic carbocycles. The number of piperidine rings is 1. The molecule has 20 heavy (non-hydrogen) atoms. The van der Waals surface area contributed by atoms with Crippen LogP contribution in [0, 0.1) is 11.8 Å². The van der Waals surface area contributed by atoms with Crippen LogP contribution in [0.3, 0.4) is 0 Å². The van der Waals surface area contributed by atoms with Gasteiger partial charge < -0.3 is 10.2 Å². The minimum atomic E-state index is 0.736. The van der Waals surface area contributed by atoms with Gasteiger partial charge in [-0.1, -0.05) is 18.6 Å². The van der Waals surface area contributed by atoms with Crippen LogP contribution in [0.1, 0.15) is 44.9 Å². The molecule has 3 fully saturated rings. The van der Waals surface area contributed by atoms with E-state index in [-0.39, 0.29) is 0 Å². The highest BCUT2D eigenvalue weighted by Crippen LogP contribution is 2.46. The maximum Gasteiger partial charge on any atom is 0.0602 e. The lowest BCUT2D eigenvalue weighted by molar-refractivity contribution is 0.439. The largest absolute Gasteiger partial charge is 0.380 e. The van der Waals surface area contributed by atoms with Gasteiger partial charge in [0.2, 0.25) is 0 Å². The van der Waals surface area contributed by atoms with E-state index in [1.807, 2.05) is 0 Å². The molecule has 0 spiro atoms. The highest BCUT2D eigenvalue weighted by atomic mass is 15.2. The summed E-state index contributed by atoms with van der Waals surface area (Å²) in [4.78, 5) is 2.58. The first-order valence-electron chi connectivity index (χ1n) is 8.50. The average Bonchev–Trinajstić information content (AvgIpc) is 3.11. The second kappa shape index (κ2) is 5.31. The Balaban J connectivity index is 1.52. The monoisotopic (exact) mass is 270 g/mol. The number of fused-ring (bicyclic) bond motifs is 2. The van der Waals surface area contributed by atoms with Gasteiger partial charge in [-0.05, 0) is 62.5 Å². The summed E-state index contributed by atoms with van der Waals surface area (Å²) in [5.74, 6) is 1.95. The molecule has 4 rings (SSSR count). The Morgan fingerprint density at radius 3 is 2.55 bits per heavy atom. The molecule has 1 aromatic rings. The first kappa shape index (κ1) is 12.6. The third-order valence-electron chi connectivity index (χ3n) is 5.68. The standard InChI is InChI=1S/C18H26N2/c1-4-10-20(11-5-1)18-7-3-2-6-16(18)19-17-13-14-8-9-15(17)12-14/h2-3,6-7,14-15,17,19H,1,4-5,8-13H2. The minimum absolute atomic E-state index is 0.736. The lowest BCUT2D eigenvalue weighted by atomic mass is 9.95. The molecule has 108 valence electrons. The highest BCUT2D eigenvalue weighted by Gasteiger charge is 2.39. The molecule has 3 aliphatic rings. The van der Waals surface area contributed by atoms with Crippen molar-refractivity contribution in [1.82, 2.24) is 0 Å². The number of rotatable bonds is 3. The van der Waals surface area contributed by atoms with Crippen LogP contribution in [0.15, 0.2) is 24.3 Å². The maximum atomic E-state index is 3.90. The number of nitrogens with zero attached hydrogens (tertiary/aromatic N) is 1. The molecule has 2 nitrogen and oxygen atoms in total. The summed E-state index contributed by atoms with van der Waals surface area (Å²) in [5, 5.41) is 3.90. The zero-order chi connectivity index (χ0) is 13.4. The Bertz CT molecular complexity index is 464. The first-order chi connectivity index (χ1) is 9.90. The molecular weight excluding hydrogens is 244 g/mol. The molecule has 2 saturated carbocycles. The van der Waals surface area contributed by atoms with E-state index in [1.54, 1.807) is 0 Å². The molecule has 0 aromatic heterocycles. The van der Waals surface area contributed by atoms with Gasteiger partial charge >= 0.3 is 0 Å². The van der Waals surface area contributed by atoms with Gasteiger partial charge in [-0.2, -0.15) is 0 Å². The number of para-hydroxylation sites is 2. The van der Waals surface area contributed by atoms with E-state index >= 15 is 0 Å². The molecule has 2 heteroatoms. The van der Waals surface area contributed by atoms with E-state index < -0.39 is 0 Å². The van der Waals surface area contributed by atoms with Crippen molar-refractivity contribution in [3.8, 4) is 0 Å². The molecule has 1 aromatic carbocycles. The Hall–Kier alpha value is -1.18. The van der Waals surface area contributed by atoms with Crippen LogP contribution < -0.4 is 10.2 Å². The lowest BCUT2D eigenvalue weighted by Crippen LogP contribution is -2.32. The highest BCUT2D eigenvalue weighted by molar-refractivity contribution is 5.70. The Labute approximate surface area is 122 Å². The molecule has 2 bridgehead atoms. The maximum absolute atomic E-state index is 3.90. The van der Waals surface area contributed by atoms with Gasteiger partial charge in [-0.3, -0.25) is 0 Å². The van der Waals surface area contributed by atoms with Crippen LogP contribution in [-0.4, -0.2) is 19.1 Å². The zero-order valence-electron chi connectivity index (χ0n) is 12.4. The fourth-order valence-corrected chi connectivity index (χ4v) is 4.63. The second-order valence-corrected chi connectivity index (χ2v) is 6.99. The summed E-state index contributed by atoms with van der Waals surface area (Å²) in [6.45, 7) is 2.46. The Morgan fingerprint density at radius 1 is 0.950 bits per heavy atom. The smallest absolute Gasteiger partial charge is 0.0602 e. The first-order valence-corrected chi connectivity index (χ1v) is 8.50. The summed E-state index contributed by atoms with van der Waals surface area (Å²) in [6, 6.07) is 9.70. The van der Waals surface area contributed by atoms with Crippen molar-refractivity contribution in [3.63, 3.8) is 0 Å². The van der Waals surface area contributed by atoms with Crippen molar-refractivity contribution in [3.05, 3.63) is 24.3 Å². The lowest BCUT2D eigenvalue weighted by Gasteiger charge is -2.32. The van der Waals surface area contributed by atoms with Crippen LogP contribution in [-0.2, 0) is 0 Å². The number of hydrogen-bond donors (Lipinski definition) is 1. The predicted molar refractivity (Wildman–Crippen MR) is 85.4 cm³/mol. The predicted octanol–water partition coefficient (Wildman–Crippen LogP) is 4.28. The molecule has 1 aliphatic heterocycles. The van der Waals surface area contributed by atoms with Gasteiger partial charge in [-0.15, -0.1) is 0 Å². The van der Waals surface area contributed by atoms with Crippen LogP contribution in [0.2, 0.25) is 0 Å². The minimum Gasteiger partial charge on any atom is -0.380 e. The summed E-state index contributed by atoms with van der Waals surface area (Å²) in [5.41, 5.74) is 2.82. The van der Waals surface area contributed by atoms with Gasteiger partial charge in [0.15, 0.2) is 0 Å². The van der Waals surface area contributed by atoms with E-state index in [1.165, 1.54) is 69.4 Å². The Kier molecular flexibility index (Phi) is 3.33. The number of nitrogens with one attached hydrogen (secondary N) is 1. The van der Waals surface area contributed by atoms with Crippen molar-refractivity contribution in [1.29, 1.82) is 0 Å². The van der Waals surface area contributed by atoms with Crippen LogP contribution in [0.25, 0.3) is 0 Å². The van der Waals surface area contributed by atoms with Gasteiger partial charge in [0.05, 0.1) is 11.4 Å². The average molecular weight is 270 g/mol. The normalized spacial score (nSPS) is 32.6. The quantitative estimate of drug-likeness (QED) is 0.882. The number of hydrogen-bond acceptors (Lipinski definition) is 2. The number of anilines is 2. The van der Waals surface area contributed by atoms with Gasteiger partial charge in [-0.25, -0.2) is 0 Å². The van der Waals surface area contributed by atoms with Crippen molar-refractivity contribution in [2.45, 2.75) is 51.0 Å². The molecule has 1 N–H and O–H groups in total. The van der Waals surface area contributed by atoms with E-state index in [4.69, 9.17) is 0 Å². The number of benzene rings is 1. The topological polar surface area (TPSA) is 15.3 Å². The molecule has 0 amide bonds. The third kappa shape index (κ3) is 2.30. The zero-order valence-corrected chi connectivity index (χ0v) is 12.4. The molecule has 0 radical (unpaired) electrons. The van der Waals surface area contributed by atoms with E-state index in [0.29, 0.717) is 0 Å². The molecule has 3 unspecified atom stereocenters. The van der Waals surface area contributed by atoms with Crippen molar-refractivity contribution in [2.24, 2.45) is 11.8 Å². The van der Waals surface area contributed by atoms with Gasteiger partial charge in [0.25, 0.3) is 0 Å². The van der Waals surface area contributed by atoms with Crippen molar-refractivity contribution in [2.75, 3.05) is 23.3 Å². The second-order valence-electron chi connectivity index (χ2n) is 6.99. The van der Waals surface area contributed by atoms with Crippen LogP contribution in [0.5, 0.6) is 0 Å². The summed E-state index contributed by atoms with van der Waals surface area (Å²) >= 11 is 0. The van der Waals surface area contributed by atoms with E-state index in [9.17, 15) is 0 Å². The van der Waals surface area contributed by atoms with Crippen LogP contribution >= 0.6 is 0 Å². The molecule has 1 saturated heterocycles. The summed E-state index contributed by atoms with van der Waals surface area (Å²) < 4.78 is 0. The van der Waals surface area contributed by atoms with Gasteiger partial charge in [0, 0.05) is 19.1 Å².